The van der Waals surface area contributed by atoms with E-state index in [2.05, 4.69) is 10.3 Å². The highest BCUT2D eigenvalue weighted by Gasteiger charge is 2.34. The summed E-state index contributed by atoms with van der Waals surface area (Å²) in [4.78, 5) is 31.8. The molecule has 1 saturated carbocycles. The average Bonchev–Trinajstić information content (AvgIpc) is 3.21. The molecule has 1 atom stereocenters. The van der Waals surface area contributed by atoms with Crippen LogP contribution in [0.3, 0.4) is 0 Å². The van der Waals surface area contributed by atoms with Crippen molar-refractivity contribution in [2.24, 2.45) is 0 Å². The van der Waals surface area contributed by atoms with E-state index in [1.54, 1.807) is 11.7 Å². The summed E-state index contributed by atoms with van der Waals surface area (Å²) in [6.45, 7) is 0. The molecule has 1 heterocycles. The van der Waals surface area contributed by atoms with Gasteiger partial charge in [-0.2, -0.15) is 0 Å². The molecule has 1 aromatic heterocycles. The number of rotatable bonds is 6. The van der Waals surface area contributed by atoms with Gasteiger partial charge in [0, 0.05) is 17.9 Å². The van der Waals surface area contributed by atoms with Crippen LogP contribution in [0.15, 0.2) is 36.0 Å². The largest absolute Gasteiger partial charge is 0.351 e. The molecular weight excluding hydrogens is 389 g/mol. The minimum atomic E-state index is -0.892. The van der Waals surface area contributed by atoms with E-state index in [1.807, 2.05) is 0 Å². The van der Waals surface area contributed by atoms with Crippen molar-refractivity contribution in [2.75, 3.05) is 10.8 Å². The fraction of sp³-hybridized carbons (Fsp3) is 0.421. The summed E-state index contributed by atoms with van der Waals surface area (Å²) in [5.41, 5.74) is 2.03. The molecule has 5 nitrogen and oxygen atoms in total. The first-order valence-electron chi connectivity index (χ1n) is 8.92. The van der Waals surface area contributed by atoms with E-state index >= 15 is 0 Å². The van der Waals surface area contributed by atoms with E-state index in [0.717, 1.165) is 25.7 Å². The molecule has 27 heavy (non-hydrogen) atoms. The van der Waals surface area contributed by atoms with Gasteiger partial charge in [-0.15, -0.1) is 22.9 Å². The van der Waals surface area contributed by atoms with Crippen LogP contribution in [0.25, 0.3) is 0 Å². The van der Waals surface area contributed by atoms with Gasteiger partial charge < -0.3 is 5.32 Å². The van der Waals surface area contributed by atoms with Gasteiger partial charge in [0.1, 0.15) is 11.7 Å². The third-order valence-electron chi connectivity index (χ3n) is 4.67. The van der Waals surface area contributed by atoms with Crippen molar-refractivity contribution in [3.05, 3.63) is 46.7 Å². The molecule has 0 aliphatic heterocycles. The van der Waals surface area contributed by atoms with Crippen molar-refractivity contribution in [3.8, 4) is 0 Å². The highest BCUT2D eigenvalue weighted by molar-refractivity contribution is 7.09. The molecule has 1 N–H and O–H groups in total. The molecule has 0 radical (unpaired) electrons. The minimum absolute atomic E-state index is 0.0999. The maximum Gasteiger partial charge on any atom is 0.248 e. The highest BCUT2D eigenvalue weighted by atomic mass is 35.5. The van der Waals surface area contributed by atoms with Crippen LogP contribution in [0.1, 0.15) is 43.0 Å². The zero-order valence-corrected chi connectivity index (χ0v) is 16.3. The van der Waals surface area contributed by atoms with Gasteiger partial charge in [0.2, 0.25) is 11.8 Å². The quantitative estimate of drug-likeness (QED) is 0.732. The summed E-state index contributed by atoms with van der Waals surface area (Å²) >= 11 is 7.11. The first-order valence-corrected chi connectivity index (χ1v) is 10.3. The van der Waals surface area contributed by atoms with Crippen molar-refractivity contribution in [2.45, 2.75) is 44.2 Å². The molecule has 0 bridgehead atoms. The van der Waals surface area contributed by atoms with E-state index < -0.39 is 17.8 Å². The Hall–Kier alpha value is -1.99. The number of anilines is 1. The Bertz CT molecular complexity index is 764. The van der Waals surface area contributed by atoms with Crippen LogP contribution in [0, 0.1) is 5.82 Å². The van der Waals surface area contributed by atoms with E-state index in [4.69, 9.17) is 11.6 Å². The summed E-state index contributed by atoms with van der Waals surface area (Å²) < 4.78 is 13.4. The second-order valence-electron chi connectivity index (χ2n) is 6.52. The van der Waals surface area contributed by atoms with Crippen molar-refractivity contribution in [1.29, 1.82) is 0 Å². The lowest BCUT2D eigenvalue weighted by atomic mass is 9.95. The number of hydrogen-bond donors (Lipinski definition) is 1. The molecule has 144 valence electrons. The Labute approximate surface area is 166 Å². The summed E-state index contributed by atoms with van der Waals surface area (Å²) in [5, 5.41) is 3.08. The van der Waals surface area contributed by atoms with Gasteiger partial charge in [-0.25, -0.2) is 4.39 Å². The fourth-order valence-electron chi connectivity index (χ4n) is 3.36. The number of alkyl halides is 1. The van der Waals surface area contributed by atoms with Crippen molar-refractivity contribution in [3.63, 3.8) is 0 Å². The van der Waals surface area contributed by atoms with Gasteiger partial charge in [0.25, 0.3) is 0 Å². The number of hydrogen-bond acceptors (Lipinski definition) is 4. The zero-order valence-electron chi connectivity index (χ0n) is 14.7. The predicted octanol–water partition coefficient (Wildman–Crippen LogP) is 4.04. The second-order valence-corrected chi connectivity index (χ2v) is 7.71. The number of benzene rings is 1. The maximum atomic E-state index is 13.4. The average molecular weight is 410 g/mol. The van der Waals surface area contributed by atoms with Gasteiger partial charge >= 0.3 is 0 Å². The molecule has 1 unspecified atom stereocenters. The minimum Gasteiger partial charge on any atom is -0.351 e. The molecule has 0 saturated heterocycles. The summed E-state index contributed by atoms with van der Waals surface area (Å²) in [6.07, 6.45) is 6.78. The van der Waals surface area contributed by atoms with Gasteiger partial charge in [-0.05, 0) is 37.1 Å². The number of thiazole rings is 1. The monoisotopic (exact) mass is 409 g/mol. The molecule has 8 heteroatoms. The number of aromatic nitrogens is 1. The molecule has 1 fully saturated rings. The number of amides is 2. The highest BCUT2D eigenvalue weighted by Crippen LogP contribution is 2.31. The smallest absolute Gasteiger partial charge is 0.248 e. The van der Waals surface area contributed by atoms with Crippen LogP contribution in [-0.4, -0.2) is 28.7 Å². The second kappa shape index (κ2) is 9.28. The lowest BCUT2D eigenvalue weighted by Crippen LogP contribution is -2.47. The predicted molar refractivity (Wildman–Crippen MR) is 104 cm³/mol. The van der Waals surface area contributed by atoms with Crippen molar-refractivity contribution < 1.29 is 14.0 Å². The summed E-state index contributed by atoms with van der Waals surface area (Å²) in [7, 11) is 0. The lowest BCUT2D eigenvalue weighted by Gasteiger charge is -2.32. The molecule has 2 amide bonds. The van der Waals surface area contributed by atoms with E-state index in [1.165, 1.54) is 46.9 Å². The Morgan fingerprint density at radius 2 is 1.96 bits per heavy atom. The SMILES string of the molecule is O=C(NC1CCCCC1)C(c1cncs1)N(C(=O)CCl)c1ccc(F)cc1. The molecule has 1 aromatic carbocycles. The van der Waals surface area contributed by atoms with Crippen LogP contribution in [0.5, 0.6) is 0 Å². The van der Waals surface area contributed by atoms with Crippen molar-refractivity contribution >= 4 is 40.4 Å². The van der Waals surface area contributed by atoms with E-state index in [0.29, 0.717) is 10.6 Å². The summed E-state index contributed by atoms with van der Waals surface area (Å²) in [6, 6.07) is 4.67. The van der Waals surface area contributed by atoms with Gasteiger partial charge in [-0.1, -0.05) is 19.3 Å². The van der Waals surface area contributed by atoms with Crippen LogP contribution >= 0.6 is 22.9 Å². The third-order valence-corrected chi connectivity index (χ3v) is 5.72. The number of carbonyl (C=O) groups excluding carboxylic acids is 2. The Kier molecular flexibility index (Phi) is 6.79. The number of nitrogens with zero attached hydrogens (tertiary/aromatic N) is 2. The van der Waals surface area contributed by atoms with Crippen molar-refractivity contribution in [1.82, 2.24) is 10.3 Å². The number of nitrogens with one attached hydrogen (secondary N) is 1. The molecule has 1 aliphatic rings. The first kappa shape index (κ1) is 19.8. The van der Waals surface area contributed by atoms with Gasteiger partial charge in [0.05, 0.1) is 10.4 Å². The molecule has 3 rings (SSSR count). The zero-order chi connectivity index (χ0) is 19.2. The first-order chi connectivity index (χ1) is 13.1. The van der Waals surface area contributed by atoms with E-state index in [9.17, 15) is 14.0 Å². The molecule has 1 aliphatic carbocycles. The molecule has 2 aromatic rings. The summed E-state index contributed by atoms with van der Waals surface area (Å²) in [5.74, 6) is -1.41. The number of halogens is 2. The van der Waals surface area contributed by atoms with Gasteiger partial charge in [0.15, 0.2) is 6.04 Å². The van der Waals surface area contributed by atoms with Gasteiger partial charge in [-0.3, -0.25) is 19.5 Å². The topological polar surface area (TPSA) is 62.3 Å². The fourth-order valence-corrected chi connectivity index (χ4v) is 4.20. The molecule has 0 spiro atoms. The standard InChI is InChI=1S/C19H21ClFN3O2S/c20-10-17(25)24(15-8-6-13(21)7-9-15)18(16-11-22-12-27-16)19(26)23-14-4-2-1-3-5-14/h6-9,11-12,14,18H,1-5,10H2,(H,23,26). The van der Waals surface area contributed by atoms with Crippen LogP contribution in [0.4, 0.5) is 10.1 Å². The third kappa shape index (κ3) is 4.84. The van der Waals surface area contributed by atoms with Crippen LogP contribution in [0.2, 0.25) is 0 Å². The number of carbonyl (C=O) groups is 2. The maximum absolute atomic E-state index is 13.4. The van der Waals surface area contributed by atoms with E-state index in [-0.39, 0.29) is 17.8 Å². The normalized spacial score (nSPS) is 15.9. The van der Waals surface area contributed by atoms with Crippen LogP contribution < -0.4 is 10.2 Å². The molecular formula is C19H21ClFN3O2S. The Balaban J connectivity index is 1.94. The Morgan fingerprint density at radius 1 is 1.26 bits per heavy atom. The van der Waals surface area contributed by atoms with Crippen LogP contribution in [-0.2, 0) is 9.59 Å². The Morgan fingerprint density at radius 3 is 2.56 bits per heavy atom. The lowest BCUT2D eigenvalue weighted by molar-refractivity contribution is -0.126.